The van der Waals surface area contributed by atoms with E-state index in [1.54, 1.807) is 57.7 Å². The zero-order chi connectivity index (χ0) is 37.8. The molecule has 280 valence electrons. The number of carbonyl (C=O) groups is 4. The van der Waals surface area contributed by atoms with Gasteiger partial charge in [0.25, 0.3) is 5.56 Å². The molecule has 1 saturated heterocycles. The number of hydrogen-bond donors (Lipinski definition) is 3. The van der Waals surface area contributed by atoms with Crippen LogP contribution >= 0.6 is 23.5 Å². The van der Waals surface area contributed by atoms with Gasteiger partial charge in [0, 0.05) is 43.7 Å². The number of aromatic nitrogens is 6. The Morgan fingerprint density at radius 2 is 1.68 bits per heavy atom. The molecule has 3 amide bonds. The van der Waals surface area contributed by atoms with Crippen molar-refractivity contribution in [3.8, 4) is 0 Å². The smallest absolute Gasteiger partial charge is 0.408 e. The van der Waals surface area contributed by atoms with E-state index in [-0.39, 0.29) is 30.7 Å². The van der Waals surface area contributed by atoms with Crippen LogP contribution in [0.3, 0.4) is 0 Å². The van der Waals surface area contributed by atoms with E-state index >= 15 is 0 Å². The number of carboxylic acids is 1. The van der Waals surface area contributed by atoms with Gasteiger partial charge in [0.1, 0.15) is 23.2 Å². The largest absolute Gasteiger partial charge is 0.479 e. The van der Waals surface area contributed by atoms with Gasteiger partial charge < -0.3 is 25.4 Å². The van der Waals surface area contributed by atoms with Crippen molar-refractivity contribution in [1.29, 1.82) is 0 Å². The van der Waals surface area contributed by atoms with Gasteiger partial charge in [0.15, 0.2) is 10.3 Å². The molecule has 2 aliphatic heterocycles. The third-order valence-electron chi connectivity index (χ3n) is 9.08. The maximum absolute atomic E-state index is 14.4. The van der Waals surface area contributed by atoms with Crippen molar-refractivity contribution in [3.05, 3.63) is 65.6 Å². The number of fused-ring (bicyclic) bond motifs is 2. The second kappa shape index (κ2) is 16.0. The summed E-state index contributed by atoms with van der Waals surface area (Å²) in [5.74, 6) is -2.78. The highest BCUT2D eigenvalue weighted by atomic mass is 32.2. The van der Waals surface area contributed by atoms with Crippen molar-refractivity contribution >= 4 is 47.4 Å². The molecule has 2 fully saturated rings. The van der Waals surface area contributed by atoms with Gasteiger partial charge >= 0.3 is 12.1 Å². The Morgan fingerprint density at radius 1 is 1.00 bits per heavy atom. The van der Waals surface area contributed by atoms with E-state index in [0.29, 0.717) is 28.0 Å². The molecule has 1 saturated carbocycles. The molecule has 5 heterocycles. The van der Waals surface area contributed by atoms with Crippen LogP contribution < -0.4 is 16.2 Å². The van der Waals surface area contributed by atoms with E-state index in [1.807, 2.05) is 12.2 Å². The number of allylic oxidation sites excluding steroid dienone is 1. The molecule has 3 aromatic heterocycles. The monoisotopic (exact) mass is 763 g/mol. The molecule has 1 aliphatic carbocycles. The normalized spacial score (nSPS) is 25.5. The molecular weight excluding hydrogens is 723 g/mol. The summed E-state index contributed by atoms with van der Waals surface area (Å²) in [7, 11) is 0. The topological polar surface area (TPSA) is 211 Å². The van der Waals surface area contributed by atoms with Crippen molar-refractivity contribution in [3.63, 3.8) is 0 Å². The minimum absolute atomic E-state index is 0.0416. The Bertz CT molecular complexity index is 1930. The van der Waals surface area contributed by atoms with Crippen LogP contribution in [0.5, 0.6) is 0 Å². The molecular formula is C35H41N9O7S2. The fourth-order valence-corrected chi connectivity index (χ4v) is 8.13. The standard InChI is InChI=1S/C35H41N9O7S2/c1-34(2,3)51-33(50)41-23-12-8-6-4-5-7-11-21-18-35(21,30(48)49)42-27(45)24-17-22(20-43(24)28(23)46)44-29(47)26(53-32-38-15-10-16-39-32)25(19-40-44)52-31-36-13-9-14-37-31/h7,9-11,13-16,19,21-24H,4-6,8,12,17-18,20H2,1-3H3,(H,41,50)(H,42,45)(H,48,49)/b11-7-/t21?,22-,23+,24+,35-/m1/s1. The van der Waals surface area contributed by atoms with Gasteiger partial charge in [-0.3, -0.25) is 14.4 Å². The van der Waals surface area contributed by atoms with E-state index in [9.17, 15) is 29.1 Å². The molecule has 0 radical (unpaired) electrons. The second-order valence-electron chi connectivity index (χ2n) is 14.1. The van der Waals surface area contributed by atoms with Gasteiger partial charge in [0.05, 0.1) is 22.0 Å². The van der Waals surface area contributed by atoms with Crippen LogP contribution in [-0.4, -0.2) is 93.4 Å². The summed E-state index contributed by atoms with van der Waals surface area (Å²) >= 11 is 2.18. The van der Waals surface area contributed by atoms with E-state index in [4.69, 9.17) is 4.74 Å². The lowest BCUT2D eigenvalue weighted by atomic mass is 10.0. The zero-order valence-electron chi connectivity index (χ0n) is 29.5. The van der Waals surface area contributed by atoms with Gasteiger partial charge in [-0.05, 0) is 82.1 Å². The van der Waals surface area contributed by atoms with Crippen molar-refractivity contribution in [2.24, 2.45) is 5.92 Å². The van der Waals surface area contributed by atoms with E-state index in [1.165, 1.54) is 15.8 Å². The molecule has 3 N–H and O–H groups in total. The highest BCUT2D eigenvalue weighted by Crippen LogP contribution is 2.45. The summed E-state index contributed by atoms with van der Waals surface area (Å²) in [5, 5.41) is 20.9. The molecule has 18 heteroatoms. The van der Waals surface area contributed by atoms with E-state index in [0.717, 1.165) is 36.4 Å². The number of aliphatic carboxylic acids is 1. The van der Waals surface area contributed by atoms with Crippen LogP contribution in [0.1, 0.15) is 71.8 Å². The summed E-state index contributed by atoms with van der Waals surface area (Å²) in [6, 6.07) is 0.327. The lowest BCUT2D eigenvalue weighted by molar-refractivity contribution is -0.145. The molecule has 5 atom stereocenters. The third-order valence-corrected chi connectivity index (χ3v) is 11.1. The zero-order valence-corrected chi connectivity index (χ0v) is 31.1. The maximum atomic E-state index is 14.4. The molecule has 0 spiro atoms. The Balaban J connectivity index is 1.36. The van der Waals surface area contributed by atoms with Crippen LogP contribution in [0.15, 0.2) is 80.2 Å². The highest BCUT2D eigenvalue weighted by molar-refractivity contribution is 8.02. The van der Waals surface area contributed by atoms with Crippen molar-refractivity contribution in [2.75, 3.05) is 6.54 Å². The van der Waals surface area contributed by atoms with Crippen LogP contribution in [0.4, 0.5) is 4.79 Å². The molecule has 16 nitrogen and oxygen atoms in total. The number of carboxylic acid groups (broad SMARTS) is 1. The Labute approximate surface area is 314 Å². The van der Waals surface area contributed by atoms with E-state index in [2.05, 4.69) is 35.7 Å². The predicted molar refractivity (Wildman–Crippen MR) is 192 cm³/mol. The quantitative estimate of drug-likeness (QED) is 0.232. The van der Waals surface area contributed by atoms with Crippen molar-refractivity contribution < 1.29 is 29.0 Å². The highest BCUT2D eigenvalue weighted by Gasteiger charge is 2.61. The lowest BCUT2D eigenvalue weighted by Gasteiger charge is -2.30. The van der Waals surface area contributed by atoms with Gasteiger partial charge in [0.2, 0.25) is 11.8 Å². The molecule has 6 rings (SSSR count). The van der Waals surface area contributed by atoms with Crippen molar-refractivity contribution in [1.82, 2.24) is 45.2 Å². The van der Waals surface area contributed by atoms with Crippen molar-refractivity contribution in [2.45, 2.75) is 115 Å². The number of hydrogen-bond acceptors (Lipinski definition) is 13. The Morgan fingerprint density at radius 3 is 2.34 bits per heavy atom. The number of nitrogens with one attached hydrogen (secondary N) is 2. The SMILES string of the molecule is CC(C)(C)OC(=O)N[C@H]1CCCCC/C=C\C2C[C@@]2(C(=O)O)NC(=O)[C@@H]2C[C@@H](n3ncc(Sc4ncccn4)c(Sc4ncccn4)c3=O)CN2C1=O. The summed E-state index contributed by atoms with van der Waals surface area (Å²) in [5.41, 5.74) is -2.85. The summed E-state index contributed by atoms with van der Waals surface area (Å²) < 4.78 is 6.71. The van der Waals surface area contributed by atoms with Crippen LogP contribution in [0.25, 0.3) is 0 Å². The number of ether oxygens (including phenoxy) is 1. The first kappa shape index (κ1) is 37.9. The first-order valence-electron chi connectivity index (χ1n) is 17.4. The molecule has 3 aromatic rings. The number of amides is 3. The van der Waals surface area contributed by atoms with Crippen LogP contribution in [0, 0.1) is 5.92 Å². The molecule has 53 heavy (non-hydrogen) atoms. The van der Waals surface area contributed by atoms with E-state index < -0.39 is 64.6 Å². The maximum Gasteiger partial charge on any atom is 0.408 e. The molecule has 3 aliphatic rings. The van der Waals surface area contributed by atoms with Gasteiger partial charge in [-0.25, -0.2) is 34.2 Å². The molecule has 1 unspecified atom stereocenters. The fraction of sp³-hybridized carbons (Fsp3) is 0.486. The minimum atomic E-state index is -1.51. The fourth-order valence-electron chi connectivity index (χ4n) is 6.43. The number of rotatable bonds is 7. The molecule has 0 bridgehead atoms. The Hall–Kier alpha value is -4.84. The minimum Gasteiger partial charge on any atom is -0.479 e. The van der Waals surface area contributed by atoms with Gasteiger partial charge in [-0.2, -0.15) is 5.10 Å². The first-order valence-corrected chi connectivity index (χ1v) is 19.0. The predicted octanol–water partition coefficient (Wildman–Crippen LogP) is 3.64. The summed E-state index contributed by atoms with van der Waals surface area (Å²) in [6.45, 7) is 5.03. The number of alkyl carbamates (subject to hydrolysis) is 1. The first-order chi connectivity index (χ1) is 25.3. The number of nitrogens with zero attached hydrogens (tertiary/aromatic N) is 7. The van der Waals surface area contributed by atoms with Crippen LogP contribution in [0.2, 0.25) is 0 Å². The summed E-state index contributed by atoms with van der Waals surface area (Å²) in [6.07, 6.45) is 14.1. The average molecular weight is 764 g/mol. The van der Waals surface area contributed by atoms with Gasteiger partial charge in [-0.1, -0.05) is 25.0 Å². The second-order valence-corrected chi connectivity index (χ2v) is 16.1. The van der Waals surface area contributed by atoms with Crippen LogP contribution in [-0.2, 0) is 19.1 Å². The lowest BCUT2D eigenvalue weighted by Crippen LogP contribution is -2.56. The summed E-state index contributed by atoms with van der Waals surface area (Å²) in [4.78, 5) is 87.4. The van der Waals surface area contributed by atoms with Gasteiger partial charge in [-0.15, -0.1) is 0 Å². The third kappa shape index (κ3) is 9.04. The number of carbonyl (C=O) groups excluding carboxylic acids is 3. The average Bonchev–Trinajstić information content (AvgIpc) is 3.63. The Kier molecular flexibility index (Phi) is 11.5. The molecule has 0 aromatic carbocycles.